The summed E-state index contributed by atoms with van der Waals surface area (Å²) in [5.74, 6) is 0.539. The minimum Gasteiger partial charge on any atom is -0.479 e. The molecular weight excluding hydrogens is 298 g/mol. The molecule has 2 aromatic carbocycles. The normalized spacial score (nSPS) is 15.1. The molecule has 1 aliphatic heterocycles. The summed E-state index contributed by atoms with van der Waals surface area (Å²) < 4.78 is 5.72. The molecule has 114 valence electrons. The molecule has 0 radical (unpaired) electrons. The molecule has 4 heteroatoms. The molecule has 0 spiro atoms. The van der Waals surface area contributed by atoms with Gasteiger partial charge in [-0.3, -0.25) is 4.79 Å². The summed E-state index contributed by atoms with van der Waals surface area (Å²) >= 11 is 6.08. The van der Waals surface area contributed by atoms with Gasteiger partial charge < -0.3 is 9.64 Å². The van der Waals surface area contributed by atoms with Crippen molar-refractivity contribution in [3.8, 4) is 5.75 Å². The zero-order valence-electron chi connectivity index (χ0n) is 12.5. The molecule has 0 bridgehead atoms. The maximum absolute atomic E-state index is 12.6. The van der Waals surface area contributed by atoms with Gasteiger partial charge >= 0.3 is 0 Å². The van der Waals surface area contributed by atoms with Gasteiger partial charge in [-0.2, -0.15) is 0 Å². The van der Waals surface area contributed by atoms with Gasteiger partial charge in [0, 0.05) is 13.1 Å². The van der Waals surface area contributed by atoms with Gasteiger partial charge in [-0.15, -0.1) is 0 Å². The molecule has 0 N–H and O–H groups in total. The molecule has 0 aromatic heterocycles. The van der Waals surface area contributed by atoms with Crippen molar-refractivity contribution in [3.63, 3.8) is 0 Å². The average Bonchev–Trinajstić information content (AvgIpc) is 2.55. The number of hydrogen-bond donors (Lipinski definition) is 0. The zero-order valence-corrected chi connectivity index (χ0v) is 13.2. The Balaban J connectivity index is 1.68. The van der Waals surface area contributed by atoms with E-state index in [0.29, 0.717) is 17.3 Å². The predicted octanol–water partition coefficient (Wildman–Crippen LogP) is 3.69. The van der Waals surface area contributed by atoms with Gasteiger partial charge in [0.2, 0.25) is 0 Å². The van der Waals surface area contributed by atoms with Crippen molar-refractivity contribution in [2.45, 2.75) is 26.0 Å². The summed E-state index contributed by atoms with van der Waals surface area (Å²) in [7, 11) is 0. The second-order valence-corrected chi connectivity index (χ2v) is 5.88. The molecule has 22 heavy (non-hydrogen) atoms. The molecule has 0 saturated carbocycles. The Labute approximate surface area is 135 Å². The van der Waals surface area contributed by atoms with E-state index in [1.165, 1.54) is 11.1 Å². The molecule has 3 rings (SSSR count). The van der Waals surface area contributed by atoms with Crippen LogP contribution in [0.5, 0.6) is 5.75 Å². The third-order valence-electron chi connectivity index (χ3n) is 3.93. The van der Waals surface area contributed by atoms with Crippen LogP contribution in [0.15, 0.2) is 48.5 Å². The molecule has 3 nitrogen and oxygen atoms in total. The fraction of sp³-hybridized carbons (Fsp3) is 0.278. The number of carbonyl (C=O) groups is 1. The third kappa shape index (κ3) is 3.09. The number of halogens is 1. The molecule has 1 aliphatic rings. The number of hydrogen-bond acceptors (Lipinski definition) is 2. The van der Waals surface area contributed by atoms with E-state index in [2.05, 4.69) is 12.1 Å². The maximum atomic E-state index is 12.6. The van der Waals surface area contributed by atoms with Crippen molar-refractivity contribution < 1.29 is 9.53 Å². The number of nitrogens with zero attached hydrogens (tertiary/aromatic N) is 1. The van der Waals surface area contributed by atoms with Crippen LogP contribution in [-0.2, 0) is 17.8 Å². The lowest BCUT2D eigenvalue weighted by atomic mass is 9.99. The van der Waals surface area contributed by atoms with Crippen LogP contribution in [0.25, 0.3) is 0 Å². The first-order valence-electron chi connectivity index (χ1n) is 7.42. The standard InChI is InChI=1S/C18H18ClNO2/c1-13(22-17-9-5-4-8-16(17)19)18(21)20-11-10-14-6-2-3-7-15(14)12-20/h2-9,13H,10-12H2,1H3. The van der Waals surface area contributed by atoms with Gasteiger partial charge in [-0.25, -0.2) is 0 Å². The van der Waals surface area contributed by atoms with Crippen LogP contribution >= 0.6 is 11.6 Å². The number of ether oxygens (including phenoxy) is 1. The van der Waals surface area contributed by atoms with Crippen molar-refractivity contribution in [1.82, 2.24) is 4.90 Å². The Morgan fingerprint density at radius 2 is 1.82 bits per heavy atom. The van der Waals surface area contributed by atoms with E-state index in [1.807, 2.05) is 29.2 Å². The van der Waals surface area contributed by atoms with Crippen LogP contribution in [0, 0.1) is 0 Å². The zero-order chi connectivity index (χ0) is 15.5. The quantitative estimate of drug-likeness (QED) is 0.864. The lowest BCUT2D eigenvalue weighted by molar-refractivity contribution is -0.138. The maximum Gasteiger partial charge on any atom is 0.263 e. The lowest BCUT2D eigenvalue weighted by Gasteiger charge is -2.31. The lowest BCUT2D eigenvalue weighted by Crippen LogP contribution is -2.43. The van der Waals surface area contributed by atoms with Crippen molar-refractivity contribution in [3.05, 3.63) is 64.7 Å². The Hall–Kier alpha value is -2.00. The average molecular weight is 316 g/mol. The SMILES string of the molecule is CC(Oc1ccccc1Cl)C(=O)N1CCc2ccccc2C1. The number of rotatable bonds is 3. The molecule has 1 amide bonds. The Morgan fingerprint density at radius 3 is 2.59 bits per heavy atom. The predicted molar refractivity (Wildman–Crippen MR) is 87.1 cm³/mol. The van der Waals surface area contributed by atoms with Crippen LogP contribution in [-0.4, -0.2) is 23.5 Å². The molecule has 2 aromatic rings. The minimum absolute atomic E-state index is 0.00516. The van der Waals surface area contributed by atoms with E-state index in [9.17, 15) is 4.79 Å². The highest BCUT2D eigenvalue weighted by Gasteiger charge is 2.26. The summed E-state index contributed by atoms with van der Waals surface area (Å²) in [6, 6.07) is 15.5. The highest BCUT2D eigenvalue weighted by molar-refractivity contribution is 6.32. The van der Waals surface area contributed by atoms with E-state index in [0.717, 1.165) is 13.0 Å². The summed E-state index contributed by atoms with van der Waals surface area (Å²) in [6.07, 6.45) is 0.339. The van der Waals surface area contributed by atoms with Crippen molar-refractivity contribution in [2.75, 3.05) is 6.54 Å². The number of benzene rings is 2. The highest BCUT2D eigenvalue weighted by atomic mass is 35.5. The van der Waals surface area contributed by atoms with E-state index in [-0.39, 0.29) is 5.91 Å². The minimum atomic E-state index is -0.551. The van der Waals surface area contributed by atoms with Crippen LogP contribution < -0.4 is 4.74 Å². The van der Waals surface area contributed by atoms with Crippen molar-refractivity contribution >= 4 is 17.5 Å². The summed E-state index contributed by atoms with van der Waals surface area (Å²) in [6.45, 7) is 3.14. The molecular formula is C18H18ClNO2. The Kier molecular flexibility index (Phi) is 4.34. The monoisotopic (exact) mass is 315 g/mol. The van der Waals surface area contributed by atoms with E-state index in [4.69, 9.17) is 16.3 Å². The van der Waals surface area contributed by atoms with Gasteiger partial charge in [0.05, 0.1) is 5.02 Å². The van der Waals surface area contributed by atoms with Gasteiger partial charge in [-0.05, 0) is 36.6 Å². The summed E-state index contributed by atoms with van der Waals surface area (Å²) in [5.41, 5.74) is 2.54. The first-order valence-corrected chi connectivity index (χ1v) is 7.79. The molecule has 1 atom stereocenters. The Bertz CT molecular complexity index is 686. The summed E-state index contributed by atoms with van der Waals surface area (Å²) in [5, 5.41) is 0.520. The van der Waals surface area contributed by atoms with Gasteiger partial charge in [0.1, 0.15) is 5.75 Å². The summed E-state index contributed by atoms with van der Waals surface area (Å²) in [4.78, 5) is 14.4. The fourth-order valence-corrected chi connectivity index (χ4v) is 2.90. The number of fused-ring (bicyclic) bond motifs is 1. The number of amides is 1. The van der Waals surface area contributed by atoms with Crippen molar-refractivity contribution in [1.29, 1.82) is 0 Å². The second kappa shape index (κ2) is 6.41. The Morgan fingerprint density at radius 1 is 1.14 bits per heavy atom. The van der Waals surface area contributed by atoms with Crippen LogP contribution in [0.1, 0.15) is 18.1 Å². The largest absolute Gasteiger partial charge is 0.479 e. The van der Waals surface area contributed by atoms with E-state index in [1.54, 1.807) is 19.1 Å². The fourth-order valence-electron chi connectivity index (χ4n) is 2.72. The first kappa shape index (κ1) is 14.9. The molecule has 0 aliphatic carbocycles. The van der Waals surface area contributed by atoms with E-state index >= 15 is 0 Å². The van der Waals surface area contributed by atoms with Crippen molar-refractivity contribution in [2.24, 2.45) is 0 Å². The molecule has 0 saturated heterocycles. The van der Waals surface area contributed by atoms with Gasteiger partial charge in [0.15, 0.2) is 6.10 Å². The van der Waals surface area contributed by atoms with Gasteiger partial charge in [-0.1, -0.05) is 48.0 Å². The topological polar surface area (TPSA) is 29.5 Å². The smallest absolute Gasteiger partial charge is 0.263 e. The second-order valence-electron chi connectivity index (χ2n) is 5.47. The van der Waals surface area contributed by atoms with E-state index < -0.39 is 6.10 Å². The number of para-hydroxylation sites is 1. The molecule has 1 heterocycles. The van der Waals surface area contributed by atoms with Gasteiger partial charge in [0.25, 0.3) is 5.91 Å². The van der Waals surface area contributed by atoms with Crippen LogP contribution in [0.4, 0.5) is 0 Å². The third-order valence-corrected chi connectivity index (χ3v) is 4.24. The van der Waals surface area contributed by atoms with Crippen LogP contribution in [0.2, 0.25) is 5.02 Å². The molecule has 0 fully saturated rings. The first-order chi connectivity index (χ1) is 10.6. The number of carbonyl (C=O) groups excluding carboxylic acids is 1. The van der Waals surface area contributed by atoms with Crippen LogP contribution in [0.3, 0.4) is 0 Å². The molecule has 1 unspecified atom stereocenters. The highest BCUT2D eigenvalue weighted by Crippen LogP contribution is 2.25.